The van der Waals surface area contributed by atoms with E-state index in [1.54, 1.807) is 0 Å². The van der Waals surface area contributed by atoms with Crippen LogP contribution in [0.5, 0.6) is 0 Å². The second-order valence-corrected chi connectivity index (χ2v) is 5.84. The molecule has 1 N–H and O–H groups in total. The molecule has 1 unspecified atom stereocenters. The van der Waals surface area contributed by atoms with Gasteiger partial charge in [0.1, 0.15) is 0 Å². The highest BCUT2D eigenvalue weighted by molar-refractivity contribution is 9.12. The number of allylic oxidation sites excluding steroid dienone is 7. The largest absolute Gasteiger partial charge is 0.372 e. The average molecular weight is 325 g/mol. The van der Waals surface area contributed by atoms with Crippen molar-refractivity contribution < 1.29 is 0 Å². The van der Waals surface area contributed by atoms with Gasteiger partial charge in [-0.1, -0.05) is 40.7 Å². The maximum absolute atomic E-state index is 3.79. The first kappa shape index (κ1) is 16.3. The number of hydrogen-bond donors (Lipinski definition) is 1. The zero-order chi connectivity index (χ0) is 14.4. The van der Waals surface area contributed by atoms with Crippen LogP contribution >= 0.6 is 15.9 Å². The van der Waals surface area contributed by atoms with Crippen LogP contribution in [0.4, 0.5) is 0 Å². The van der Waals surface area contributed by atoms with Crippen molar-refractivity contribution in [2.24, 2.45) is 0 Å². The van der Waals surface area contributed by atoms with Crippen LogP contribution in [0.25, 0.3) is 0 Å². The molecule has 2 nitrogen and oxygen atoms in total. The fourth-order valence-corrected chi connectivity index (χ4v) is 3.05. The zero-order valence-corrected chi connectivity index (χ0v) is 14.0. The van der Waals surface area contributed by atoms with Gasteiger partial charge in [0, 0.05) is 41.4 Å². The highest BCUT2D eigenvalue weighted by atomic mass is 79.9. The summed E-state index contributed by atoms with van der Waals surface area (Å²) < 4.78 is 1.15. The maximum atomic E-state index is 3.79. The summed E-state index contributed by atoms with van der Waals surface area (Å²) in [5.74, 6) is 0. The molecule has 1 rings (SSSR count). The van der Waals surface area contributed by atoms with Crippen LogP contribution in [0.15, 0.2) is 46.1 Å². The lowest BCUT2D eigenvalue weighted by molar-refractivity contribution is 0.255. The van der Waals surface area contributed by atoms with E-state index in [0.29, 0.717) is 6.04 Å². The van der Waals surface area contributed by atoms with E-state index in [4.69, 9.17) is 0 Å². The monoisotopic (exact) mass is 324 g/mol. The van der Waals surface area contributed by atoms with Crippen molar-refractivity contribution in [1.29, 1.82) is 0 Å². The van der Waals surface area contributed by atoms with E-state index < -0.39 is 0 Å². The van der Waals surface area contributed by atoms with Crippen molar-refractivity contribution in [2.75, 3.05) is 19.6 Å². The Bertz CT molecular complexity index is 418. The molecule has 1 saturated heterocycles. The maximum Gasteiger partial charge on any atom is 0.0327 e. The summed E-state index contributed by atoms with van der Waals surface area (Å²) in [6, 6.07) is 0.540. The molecule has 1 aliphatic heterocycles. The second kappa shape index (κ2) is 7.71. The fourth-order valence-electron chi connectivity index (χ4n) is 2.45. The van der Waals surface area contributed by atoms with Gasteiger partial charge in [0.05, 0.1) is 0 Å². The van der Waals surface area contributed by atoms with Crippen molar-refractivity contribution in [3.63, 3.8) is 0 Å². The summed E-state index contributed by atoms with van der Waals surface area (Å²) >= 11 is 3.68. The topological polar surface area (TPSA) is 15.3 Å². The minimum absolute atomic E-state index is 0.540. The Morgan fingerprint density at radius 2 is 2.11 bits per heavy atom. The Morgan fingerprint density at radius 1 is 1.42 bits per heavy atom. The normalized spacial score (nSPS) is 23.2. The summed E-state index contributed by atoms with van der Waals surface area (Å²) in [6.45, 7) is 15.6. The molecule has 0 spiro atoms. The van der Waals surface area contributed by atoms with Crippen LogP contribution in [0.1, 0.15) is 27.7 Å². The van der Waals surface area contributed by atoms with Crippen molar-refractivity contribution in [2.45, 2.75) is 33.7 Å². The number of piperazine rings is 1. The molecule has 0 aromatic heterocycles. The average Bonchev–Trinajstić information content (AvgIpc) is 2.39. The third-order valence-corrected chi connectivity index (χ3v) is 4.31. The highest BCUT2D eigenvalue weighted by Crippen LogP contribution is 2.29. The van der Waals surface area contributed by atoms with Crippen LogP contribution in [0.2, 0.25) is 0 Å². The molecule has 0 amide bonds. The van der Waals surface area contributed by atoms with Crippen LogP contribution in [-0.2, 0) is 0 Å². The molecule has 19 heavy (non-hydrogen) atoms. The van der Waals surface area contributed by atoms with Gasteiger partial charge >= 0.3 is 0 Å². The van der Waals surface area contributed by atoms with Gasteiger partial charge in [0.15, 0.2) is 0 Å². The first-order chi connectivity index (χ1) is 9.01. The lowest BCUT2D eigenvalue weighted by Crippen LogP contribution is -2.48. The molecular weight excluding hydrogens is 300 g/mol. The van der Waals surface area contributed by atoms with Crippen molar-refractivity contribution in [3.05, 3.63) is 46.1 Å². The zero-order valence-electron chi connectivity index (χ0n) is 12.5. The highest BCUT2D eigenvalue weighted by Gasteiger charge is 2.19. The molecule has 1 fully saturated rings. The van der Waals surface area contributed by atoms with Crippen LogP contribution in [-0.4, -0.2) is 30.6 Å². The van der Waals surface area contributed by atoms with E-state index in [2.05, 4.69) is 72.6 Å². The molecule has 106 valence electrons. The van der Waals surface area contributed by atoms with Crippen LogP contribution in [0.3, 0.4) is 0 Å². The third-order valence-electron chi connectivity index (χ3n) is 3.46. The number of halogens is 1. The van der Waals surface area contributed by atoms with Gasteiger partial charge in [-0.25, -0.2) is 0 Å². The quantitative estimate of drug-likeness (QED) is 0.787. The number of nitrogens with one attached hydrogen (secondary N) is 1. The Hall–Kier alpha value is -0.800. The van der Waals surface area contributed by atoms with Crippen molar-refractivity contribution in [3.8, 4) is 0 Å². The number of rotatable bonds is 4. The minimum atomic E-state index is 0.540. The van der Waals surface area contributed by atoms with Gasteiger partial charge in [0.2, 0.25) is 0 Å². The molecule has 0 radical (unpaired) electrons. The molecule has 0 aliphatic carbocycles. The van der Waals surface area contributed by atoms with E-state index >= 15 is 0 Å². The molecule has 1 atom stereocenters. The number of hydrogen-bond acceptors (Lipinski definition) is 2. The van der Waals surface area contributed by atoms with E-state index in [0.717, 1.165) is 24.1 Å². The van der Waals surface area contributed by atoms with E-state index in [9.17, 15) is 0 Å². The van der Waals surface area contributed by atoms with E-state index in [-0.39, 0.29) is 0 Å². The summed E-state index contributed by atoms with van der Waals surface area (Å²) in [5.41, 5.74) is 3.84. The molecule has 1 heterocycles. The third kappa shape index (κ3) is 4.36. The molecular formula is C16H25BrN2. The van der Waals surface area contributed by atoms with Gasteiger partial charge in [-0.05, 0) is 33.3 Å². The predicted molar refractivity (Wildman–Crippen MR) is 88.4 cm³/mol. The van der Waals surface area contributed by atoms with Crippen molar-refractivity contribution in [1.82, 2.24) is 10.2 Å². The molecule has 3 heteroatoms. The smallest absolute Gasteiger partial charge is 0.0327 e. The van der Waals surface area contributed by atoms with Gasteiger partial charge in [-0.2, -0.15) is 0 Å². The summed E-state index contributed by atoms with van der Waals surface area (Å²) in [5, 5.41) is 3.48. The van der Waals surface area contributed by atoms with Crippen LogP contribution < -0.4 is 5.32 Å². The Labute approximate surface area is 126 Å². The Balaban J connectivity index is 3.15. The molecule has 0 bridgehead atoms. The van der Waals surface area contributed by atoms with Gasteiger partial charge in [-0.3, -0.25) is 0 Å². The van der Waals surface area contributed by atoms with E-state index in [1.165, 1.54) is 16.8 Å². The van der Waals surface area contributed by atoms with E-state index in [1.807, 2.05) is 6.08 Å². The second-order valence-electron chi connectivity index (χ2n) is 4.98. The lowest BCUT2D eigenvalue weighted by Gasteiger charge is -2.35. The Morgan fingerprint density at radius 3 is 2.63 bits per heavy atom. The standard InChI is InChI=1S/C16H25BrN2/c1-6-8-12(3)16(15(17)7-2)14(5)19-10-9-18-13(4)11-19/h6-8,13,18H,1,9-11H2,2-5H3/b12-8-,15-7+,16-14-. The summed E-state index contributed by atoms with van der Waals surface area (Å²) in [4.78, 5) is 2.46. The fraction of sp³-hybridized carbons (Fsp3) is 0.500. The summed E-state index contributed by atoms with van der Waals surface area (Å²) in [7, 11) is 0. The Kier molecular flexibility index (Phi) is 6.59. The summed E-state index contributed by atoms with van der Waals surface area (Å²) in [6.07, 6.45) is 6.01. The lowest BCUT2D eigenvalue weighted by atomic mass is 10.0. The molecule has 0 saturated carbocycles. The first-order valence-electron chi connectivity index (χ1n) is 6.82. The SMILES string of the molecule is C=C\C=C(C)/C(=C(\C)N1CCNC(C)C1)C(/Br)=C\C. The molecule has 0 aromatic carbocycles. The van der Waals surface area contributed by atoms with Crippen LogP contribution in [0, 0.1) is 0 Å². The van der Waals surface area contributed by atoms with Gasteiger partial charge < -0.3 is 10.2 Å². The van der Waals surface area contributed by atoms with Gasteiger partial charge in [-0.15, -0.1) is 0 Å². The molecule has 0 aromatic rings. The molecule has 1 aliphatic rings. The number of nitrogens with zero attached hydrogens (tertiary/aromatic N) is 1. The first-order valence-corrected chi connectivity index (χ1v) is 7.61. The predicted octanol–water partition coefficient (Wildman–Crippen LogP) is 3.99. The minimum Gasteiger partial charge on any atom is -0.372 e. The van der Waals surface area contributed by atoms with Crippen molar-refractivity contribution >= 4 is 15.9 Å². The van der Waals surface area contributed by atoms with Gasteiger partial charge in [0.25, 0.3) is 0 Å².